The maximum Gasteiger partial charge on any atom is 0.137 e. The normalized spacial score (nSPS) is 11.1. The van der Waals surface area contributed by atoms with Crippen molar-refractivity contribution in [1.29, 1.82) is 0 Å². The first kappa shape index (κ1) is 11.9. The molecule has 0 radical (unpaired) electrons. The Hall–Kier alpha value is -2.88. The van der Waals surface area contributed by atoms with Crippen LogP contribution >= 0.6 is 0 Å². The molecule has 0 saturated heterocycles. The molecule has 21 heavy (non-hydrogen) atoms. The number of hydrogen-bond acceptors (Lipinski definition) is 2. The van der Waals surface area contributed by atoms with E-state index in [1.165, 1.54) is 5.56 Å². The molecule has 1 aromatic carbocycles. The quantitative estimate of drug-likeness (QED) is 0.582. The zero-order valence-electron chi connectivity index (χ0n) is 11.6. The van der Waals surface area contributed by atoms with Crippen molar-refractivity contribution >= 4 is 11.0 Å². The molecule has 3 aromatic heterocycles. The lowest BCUT2D eigenvalue weighted by atomic mass is 10.0. The largest absolute Gasteiger partial charge is 0.345 e. The molecule has 0 atom stereocenters. The highest BCUT2D eigenvalue weighted by molar-refractivity contribution is 5.96. The SMILES string of the molecule is Cc1cccc(-c2cn[nH]c2-c2c[nH]c3ncccc23)c1. The van der Waals surface area contributed by atoms with E-state index in [-0.39, 0.29) is 0 Å². The fourth-order valence-electron chi connectivity index (χ4n) is 2.69. The number of aromatic nitrogens is 4. The number of benzene rings is 1. The molecular weight excluding hydrogens is 260 g/mol. The van der Waals surface area contributed by atoms with E-state index in [4.69, 9.17) is 0 Å². The molecule has 0 saturated carbocycles. The third kappa shape index (κ3) is 1.92. The van der Waals surface area contributed by atoms with E-state index in [0.717, 1.165) is 33.4 Å². The van der Waals surface area contributed by atoms with E-state index in [1.807, 2.05) is 18.5 Å². The summed E-state index contributed by atoms with van der Waals surface area (Å²) in [6.07, 6.45) is 5.64. The Labute approximate surface area is 121 Å². The Morgan fingerprint density at radius 1 is 1.05 bits per heavy atom. The van der Waals surface area contributed by atoms with Gasteiger partial charge in [-0.15, -0.1) is 0 Å². The van der Waals surface area contributed by atoms with E-state index in [2.05, 4.69) is 57.4 Å². The third-order valence-electron chi connectivity index (χ3n) is 3.69. The Balaban J connectivity index is 1.93. The smallest absolute Gasteiger partial charge is 0.137 e. The highest BCUT2D eigenvalue weighted by Gasteiger charge is 2.14. The van der Waals surface area contributed by atoms with Crippen LogP contribution in [0.3, 0.4) is 0 Å². The lowest BCUT2D eigenvalue weighted by Gasteiger charge is -2.03. The van der Waals surface area contributed by atoms with E-state index in [0.29, 0.717) is 0 Å². The van der Waals surface area contributed by atoms with Gasteiger partial charge in [0.1, 0.15) is 5.65 Å². The number of nitrogens with one attached hydrogen (secondary N) is 2. The number of aryl methyl sites for hydroxylation is 1. The van der Waals surface area contributed by atoms with Crippen LogP contribution < -0.4 is 0 Å². The first-order valence-electron chi connectivity index (χ1n) is 6.86. The van der Waals surface area contributed by atoms with Crippen LogP contribution in [0.4, 0.5) is 0 Å². The molecule has 0 fully saturated rings. The summed E-state index contributed by atoms with van der Waals surface area (Å²) in [5.74, 6) is 0. The molecule has 2 N–H and O–H groups in total. The first-order valence-corrected chi connectivity index (χ1v) is 6.86. The van der Waals surface area contributed by atoms with Crippen molar-refractivity contribution in [2.75, 3.05) is 0 Å². The topological polar surface area (TPSA) is 57.4 Å². The first-order chi connectivity index (χ1) is 10.3. The summed E-state index contributed by atoms with van der Waals surface area (Å²) < 4.78 is 0. The van der Waals surface area contributed by atoms with Gasteiger partial charge in [0.15, 0.2) is 0 Å². The molecule has 3 heterocycles. The van der Waals surface area contributed by atoms with Gasteiger partial charge in [-0.05, 0) is 24.6 Å². The van der Waals surface area contributed by atoms with Gasteiger partial charge in [-0.3, -0.25) is 5.10 Å². The van der Waals surface area contributed by atoms with Crippen molar-refractivity contribution in [2.24, 2.45) is 0 Å². The van der Waals surface area contributed by atoms with E-state index in [1.54, 1.807) is 6.20 Å². The summed E-state index contributed by atoms with van der Waals surface area (Å²) in [5.41, 5.74) is 6.49. The lowest BCUT2D eigenvalue weighted by Crippen LogP contribution is -1.83. The number of aromatic amines is 2. The summed E-state index contributed by atoms with van der Waals surface area (Å²) >= 11 is 0. The Bertz CT molecular complexity index is 917. The standard InChI is InChI=1S/C17H14N4/c1-11-4-2-5-12(8-11)14-10-20-21-16(14)15-9-19-17-13(15)6-3-7-18-17/h2-10H,1H3,(H,18,19)(H,20,21). The van der Waals surface area contributed by atoms with Crippen LogP contribution in [0.15, 0.2) is 55.0 Å². The summed E-state index contributed by atoms with van der Waals surface area (Å²) in [6.45, 7) is 2.10. The monoisotopic (exact) mass is 274 g/mol. The number of pyridine rings is 1. The van der Waals surface area contributed by atoms with Crippen LogP contribution in [0, 0.1) is 6.92 Å². The molecule has 102 valence electrons. The number of H-pyrrole nitrogens is 2. The Morgan fingerprint density at radius 2 is 2.00 bits per heavy atom. The molecule has 0 bridgehead atoms. The second kappa shape index (κ2) is 4.59. The fraction of sp³-hybridized carbons (Fsp3) is 0.0588. The zero-order valence-corrected chi connectivity index (χ0v) is 11.6. The van der Waals surface area contributed by atoms with Gasteiger partial charge in [-0.1, -0.05) is 29.8 Å². The van der Waals surface area contributed by atoms with E-state index >= 15 is 0 Å². The molecule has 0 spiro atoms. The maximum absolute atomic E-state index is 4.34. The third-order valence-corrected chi connectivity index (χ3v) is 3.69. The molecule has 0 aliphatic heterocycles. The van der Waals surface area contributed by atoms with Gasteiger partial charge in [0.25, 0.3) is 0 Å². The Morgan fingerprint density at radius 3 is 2.90 bits per heavy atom. The van der Waals surface area contributed by atoms with Crippen molar-refractivity contribution in [3.05, 3.63) is 60.6 Å². The predicted molar refractivity (Wildman–Crippen MR) is 83.8 cm³/mol. The minimum Gasteiger partial charge on any atom is -0.345 e. The molecule has 4 nitrogen and oxygen atoms in total. The van der Waals surface area contributed by atoms with Crippen LogP contribution in [0.2, 0.25) is 0 Å². The van der Waals surface area contributed by atoms with Crippen LogP contribution in [0.1, 0.15) is 5.56 Å². The molecule has 4 aromatic rings. The van der Waals surface area contributed by atoms with Crippen molar-refractivity contribution in [1.82, 2.24) is 20.2 Å². The minimum atomic E-state index is 0.886. The van der Waals surface area contributed by atoms with Crippen molar-refractivity contribution < 1.29 is 0 Å². The molecule has 0 unspecified atom stereocenters. The van der Waals surface area contributed by atoms with Crippen molar-refractivity contribution in [3.8, 4) is 22.4 Å². The van der Waals surface area contributed by atoms with Crippen LogP contribution in [0.5, 0.6) is 0 Å². The van der Waals surface area contributed by atoms with E-state index in [9.17, 15) is 0 Å². The molecular formula is C17H14N4. The molecule has 0 aliphatic rings. The van der Waals surface area contributed by atoms with Crippen LogP contribution in [-0.4, -0.2) is 20.2 Å². The van der Waals surface area contributed by atoms with Crippen molar-refractivity contribution in [2.45, 2.75) is 6.92 Å². The molecule has 0 aliphatic carbocycles. The summed E-state index contributed by atoms with van der Waals surface area (Å²) in [5, 5.41) is 8.45. The minimum absolute atomic E-state index is 0.886. The highest BCUT2D eigenvalue weighted by atomic mass is 15.1. The van der Waals surface area contributed by atoms with Crippen LogP contribution in [-0.2, 0) is 0 Å². The number of rotatable bonds is 2. The average molecular weight is 274 g/mol. The Kier molecular flexibility index (Phi) is 2.60. The van der Waals surface area contributed by atoms with Crippen molar-refractivity contribution in [3.63, 3.8) is 0 Å². The van der Waals surface area contributed by atoms with Gasteiger partial charge in [-0.2, -0.15) is 5.10 Å². The maximum atomic E-state index is 4.34. The van der Waals surface area contributed by atoms with Gasteiger partial charge >= 0.3 is 0 Å². The summed E-state index contributed by atoms with van der Waals surface area (Å²) in [4.78, 5) is 7.55. The fourth-order valence-corrected chi connectivity index (χ4v) is 2.69. The second-order valence-electron chi connectivity index (χ2n) is 5.13. The summed E-state index contributed by atoms with van der Waals surface area (Å²) in [7, 11) is 0. The van der Waals surface area contributed by atoms with Gasteiger partial charge < -0.3 is 4.98 Å². The number of fused-ring (bicyclic) bond motifs is 1. The van der Waals surface area contributed by atoms with Gasteiger partial charge in [-0.25, -0.2) is 4.98 Å². The van der Waals surface area contributed by atoms with Gasteiger partial charge in [0, 0.05) is 28.9 Å². The molecule has 4 heteroatoms. The zero-order chi connectivity index (χ0) is 14.2. The summed E-state index contributed by atoms with van der Waals surface area (Å²) in [6, 6.07) is 12.4. The predicted octanol–water partition coefficient (Wildman–Crippen LogP) is 3.93. The molecule has 0 amide bonds. The van der Waals surface area contributed by atoms with Crippen LogP contribution in [0.25, 0.3) is 33.4 Å². The average Bonchev–Trinajstić information content (AvgIpc) is 3.13. The number of hydrogen-bond donors (Lipinski definition) is 2. The molecule has 4 rings (SSSR count). The lowest BCUT2D eigenvalue weighted by molar-refractivity contribution is 1.10. The second-order valence-corrected chi connectivity index (χ2v) is 5.13. The van der Waals surface area contributed by atoms with Gasteiger partial charge in [0.2, 0.25) is 0 Å². The highest BCUT2D eigenvalue weighted by Crippen LogP contribution is 2.34. The van der Waals surface area contributed by atoms with Gasteiger partial charge in [0.05, 0.1) is 11.9 Å². The number of nitrogens with zero attached hydrogens (tertiary/aromatic N) is 2. The van der Waals surface area contributed by atoms with E-state index < -0.39 is 0 Å².